The first-order valence-electron chi connectivity index (χ1n) is 11.5. The molecule has 2 aromatic rings. The van der Waals surface area contributed by atoms with Gasteiger partial charge in [-0.25, -0.2) is 0 Å². The molecule has 1 aliphatic heterocycles. The fourth-order valence-corrected chi connectivity index (χ4v) is 4.22. The van der Waals surface area contributed by atoms with E-state index in [1.165, 1.54) is 17.0 Å². The van der Waals surface area contributed by atoms with Crippen molar-refractivity contribution in [2.45, 2.75) is 44.0 Å². The number of aromatic hydroxyl groups is 1. The molecule has 1 aliphatic rings. The van der Waals surface area contributed by atoms with E-state index in [9.17, 15) is 24.6 Å². The van der Waals surface area contributed by atoms with Crippen LogP contribution in [0, 0.1) is 6.92 Å². The van der Waals surface area contributed by atoms with Crippen LogP contribution < -0.4 is 16.4 Å². The number of phenolic OH excluding ortho intramolecular Hbond substituents is 1. The summed E-state index contributed by atoms with van der Waals surface area (Å²) >= 11 is 0. The molecule has 0 saturated carbocycles. The number of aliphatic hydroxyl groups is 1. The second-order valence-corrected chi connectivity index (χ2v) is 8.70. The average Bonchev–Trinajstić information content (AvgIpc) is 3.25. The molecule has 3 amide bonds. The van der Waals surface area contributed by atoms with Gasteiger partial charge in [-0.1, -0.05) is 42.5 Å². The van der Waals surface area contributed by atoms with Gasteiger partial charge in [0.15, 0.2) is 6.10 Å². The first kappa shape index (κ1) is 25.9. The minimum atomic E-state index is -1.63. The van der Waals surface area contributed by atoms with Gasteiger partial charge in [0.1, 0.15) is 11.8 Å². The summed E-state index contributed by atoms with van der Waals surface area (Å²) in [6.07, 6.45) is 0.337. The van der Waals surface area contributed by atoms with E-state index in [1.54, 1.807) is 19.1 Å². The summed E-state index contributed by atoms with van der Waals surface area (Å²) in [5.41, 5.74) is 7.45. The van der Waals surface area contributed by atoms with E-state index < -0.39 is 36.0 Å². The lowest BCUT2D eigenvalue weighted by Crippen LogP contribution is -2.56. The Balaban J connectivity index is 1.85. The molecule has 4 atom stereocenters. The summed E-state index contributed by atoms with van der Waals surface area (Å²) < 4.78 is 0. The molecule has 35 heavy (non-hydrogen) atoms. The molecule has 6 N–H and O–H groups in total. The van der Waals surface area contributed by atoms with Gasteiger partial charge in [0.2, 0.25) is 5.91 Å². The monoisotopic (exact) mass is 480 g/mol. The zero-order valence-corrected chi connectivity index (χ0v) is 19.7. The molecule has 0 bridgehead atoms. The largest absolute Gasteiger partial charge is 0.508 e. The fraction of sp³-hybridized carbons (Fsp3) is 0.346. The van der Waals surface area contributed by atoms with Crippen molar-refractivity contribution < 1.29 is 24.6 Å². The van der Waals surface area contributed by atoms with Crippen LogP contribution in [0.5, 0.6) is 5.75 Å². The number of nitrogens with two attached hydrogens (primary N) is 1. The van der Waals surface area contributed by atoms with Crippen LogP contribution in [0.15, 0.2) is 61.2 Å². The minimum absolute atomic E-state index is 0.0340. The molecule has 3 rings (SSSR count). The normalized spacial score (nSPS) is 19.0. The van der Waals surface area contributed by atoms with Crippen LogP contribution in [0.1, 0.15) is 27.9 Å². The molecule has 0 aromatic heterocycles. The van der Waals surface area contributed by atoms with Crippen molar-refractivity contribution in [2.24, 2.45) is 5.73 Å². The second-order valence-electron chi connectivity index (χ2n) is 8.70. The highest BCUT2D eigenvalue weighted by atomic mass is 16.3. The Morgan fingerprint density at radius 1 is 1.20 bits per heavy atom. The Bertz CT molecular complexity index is 1070. The average molecular weight is 481 g/mol. The topological polar surface area (TPSA) is 145 Å². The van der Waals surface area contributed by atoms with Crippen molar-refractivity contribution in [3.63, 3.8) is 0 Å². The molecule has 9 heteroatoms. The Hall–Kier alpha value is -3.69. The predicted octanol–water partition coefficient (Wildman–Crippen LogP) is 0.633. The molecular formula is C26H32N4O5. The molecule has 0 radical (unpaired) electrons. The number of hydrogen-bond acceptors (Lipinski definition) is 6. The highest BCUT2D eigenvalue weighted by Crippen LogP contribution is 2.22. The van der Waals surface area contributed by atoms with Crippen LogP contribution in [0.4, 0.5) is 0 Å². The Morgan fingerprint density at radius 3 is 2.60 bits per heavy atom. The lowest BCUT2D eigenvalue weighted by atomic mass is 9.98. The third kappa shape index (κ3) is 6.26. The van der Waals surface area contributed by atoms with E-state index in [0.29, 0.717) is 5.56 Å². The number of nitrogens with one attached hydrogen (secondary N) is 2. The summed E-state index contributed by atoms with van der Waals surface area (Å²) in [5, 5.41) is 26.5. The molecule has 2 aromatic carbocycles. The van der Waals surface area contributed by atoms with Gasteiger partial charge in [0, 0.05) is 30.3 Å². The summed E-state index contributed by atoms with van der Waals surface area (Å²) in [6, 6.07) is 11.5. The number of nitrogens with zero attached hydrogens (tertiary/aromatic N) is 1. The number of hydrogen-bond donors (Lipinski definition) is 5. The summed E-state index contributed by atoms with van der Waals surface area (Å²) in [5.74, 6) is -1.64. The van der Waals surface area contributed by atoms with Gasteiger partial charge in [-0.15, -0.1) is 6.58 Å². The maximum Gasteiger partial charge on any atom is 0.254 e. The van der Waals surface area contributed by atoms with Crippen LogP contribution in [0.3, 0.4) is 0 Å². The van der Waals surface area contributed by atoms with Gasteiger partial charge >= 0.3 is 0 Å². The van der Waals surface area contributed by atoms with E-state index >= 15 is 0 Å². The maximum atomic E-state index is 13.4. The van der Waals surface area contributed by atoms with Crippen molar-refractivity contribution in [3.05, 3.63) is 77.9 Å². The quantitative estimate of drug-likeness (QED) is 0.333. The van der Waals surface area contributed by atoms with Crippen LogP contribution in [0.25, 0.3) is 0 Å². The molecule has 9 nitrogen and oxygen atoms in total. The van der Waals surface area contributed by atoms with Crippen LogP contribution in [0.2, 0.25) is 0 Å². The van der Waals surface area contributed by atoms with E-state index in [0.717, 1.165) is 5.56 Å². The van der Waals surface area contributed by atoms with Crippen molar-refractivity contribution in [1.82, 2.24) is 15.5 Å². The zero-order valence-electron chi connectivity index (χ0n) is 19.7. The number of aliphatic hydroxyl groups excluding tert-OH is 1. The van der Waals surface area contributed by atoms with Crippen LogP contribution in [-0.4, -0.2) is 70.2 Å². The number of carbonyl (C=O) groups excluding carboxylic acids is 3. The lowest BCUT2D eigenvalue weighted by molar-refractivity contribution is -0.146. The molecule has 0 unspecified atom stereocenters. The molecule has 1 fully saturated rings. The number of phenols is 1. The number of amides is 3. The van der Waals surface area contributed by atoms with Crippen molar-refractivity contribution >= 4 is 17.7 Å². The van der Waals surface area contributed by atoms with Gasteiger partial charge in [0.25, 0.3) is 11.8 Å². The highest BCUT2D eigenvalue weighted by Gasteiger charge is 2.42. The van der Waals surface area contributed by atoms with Crippen LogP contribution >= 0.6 is 0 Å². The summed E-state index contributed by atoms with van der Waals surface area (Å²) in [6.45, 7) is 5.53. The number of carbonyl (C=O) groups is 3. The number of benzene rings is 2. The second kappa shape index (κ2) is 11.6. The third-order valence-electron chi connectivity index (χ3n) is 6.14. The maximum absolute atomic E-state index is 13.4. The SMILES string of the molecule is C=CCNC(=O)[C@@H]1C[C@@H](N)CN1C(=O)[C@@H](O)[C@H](Cc1ccccc1)NC(=O)c1cccc(O)c1C. The zero-order chi connectivity index (χ0) is 25.5. The minimum Gasteiger partial charge on any atom is -0.508 e. The van der Waals surface area contributed by atoms with Gasteiger partial charge in [-0.2, -0.15) is 0 Å². The van der Waals surface area contributed by atoms with E-state index in [1.807, 2.05) is 30.3 Å². The van der Waals surface area contributed by atoms with Crippen molar-refractivity contribution in [3.8, 4) is 5.75 Å². The Kier molecular flexibility index (Phi) is 8.62. The lowest BCUT2D eigenvalue weighted by Gasteiger charge is -2.30. The molecule has 186 valence electrons. The van der Waals surface area contributed by atoms with Gasteiger partial charge in [-0.05, 0) is 37.5 Å². The molecular weight excluding hydrogens is 448 g/mol. The Morgan fingerprint density at radius 2 is 1.91 bits per heavy atom. The van der Waals surface area contributed by atoms with E-state index in [4.69, 9.17) is 5.73 Å². The van der Waals surface area contributed by atoms with Crippen molar-refractivity contribution in [2.75, 3.05) is 13.1 Å². The van der Waals surface area contributed by atoms with Gasteiger partial charge < -0.3 is 31.5 Å². The van der Waals surface area contributed by atoms with Gasteiger partial charge in [0.05, 0.1) is 6.04 Å². The molecule has 0 aliphatic carbocycles. The number of likely N-dealkylation sites (tertiary alicyclic amines) is 1. The standard InChI is InChI=1S/C26H32N4O5/c1-3-12-28-25(34)21-14-18(27)15-30(21)26(35)23(32)20(13-17-8-5-4-6-9-17)29-24(33)19-10-7-11-22(31)16(19)2/h3-11,18,20-21,23,31-32H,1,12-15,27H2,2H3,(H,28,34)(H,29,33)/t18-,20+,21+,23+/m1/s1. The van der Waals surface area contributed by atoms with E-state index in [2.05, 4.69) is 17.2 Å². The number of rotatable bonds is 9. The molecule has 0 spiro atoms. The smallest absolute Gasteiger partial charge is 0.254 e. The molecule has 1 saturated heterocycles. The van der Waals surface area contributed by atoms with Crippen molar-refractivity contribution in [1.29, 1.82) is 0 Å². The molecule has 1 heterocycles. The first-order valence-corrected chi connectivity index (χ1v) is 11.5. The van der Waals surface area contributed by atoms with E-state index in [-0.39, 0.29) is 43.2 Å². The summed E-state index contributed by atoms with van der Waals surface area (Å²) in [4.78, 5) is 40.3. The predicted molar refractivity (Wildman–Crippen MR) is 132 cm³/mol. The fourth-order valence-electron chi connectivity index (χ4n) is 4.22. The third-order valence-corrected chi connectivity index (χ3v) is 6.14. The van der Waals surface area contributed by atoms with Gasteiger partial charge in [-0.3, -0.25) is 14.4 Å². The summed E-state index contributed by atoms with van der Waals surface area (Å²) in [7, 11) is 0. The van der Waals surface area contributed by atoms with Crippen LogP contribution in [-0.2, 0) is 16.0 Å². The highest BCUT2D eigenvalue weighted by molar-refractivity contribution is 5.97. The Labute approximate surface area is 204 Å². The first-order chi connectivity index (χ1) is 16.7.